The van der Waals surface area contributed by atoms with E-state index in [-0.39, 0.29) is 13.2 Å². The minimum Gasteiger partial charge on any atom is -0.464 e. The first kappa shape index (κ1) is 16.7. The molecule has 0 aromatic heterocycles. The van der Waals surface area contributed by atoms with Crippen LogP contribution in [0, 0.1) is 0 Å². The quantitative estimate of drug-likeness (QED) is 0.702. The number of rotatable bonds is 6. The third kappa shape index (κ3) is 7.89. The molecule has 0 bridgehead atoms. The third-order valence-corrected chi connectivity index (χ3v) is 1.91. The highest BCUT2D eigenvalue weighted by molar-refractivity contribution is 5.81. The molecule has 0 saturated carbocycles. The van der Waals surface area contributed by atoms with Crippen molar-refractivity contribution in [1.82, 2.24) is 5.32 Å². The van der Waals surface area contributed by atoms with Gasteiger partial charge < -0.3 is 19.9 Å². The summed E-state index contributed by atoms with van der Waals surface area (Å²) in [6.45, 7) is 7.09. The van der Waals surface area contributed by atoms with Gasteiger partial charge >= 0.3 is 12.1 Å². The SMILES string of the molecule is CCOC(=O)[C@@H](CCCO)NC(=O)OC(C)(C)C. The van der Waals surface area contributed by atoms with Gasteiger partial charge in [-0.3, -0.25) is 0 Å². The first-order valence-corrected chi connectivity index (χ1v) is 6.07. The topological polar surface area (TPSA) is 84.9 Å². The summed E-state index contributed by atoms with van der Waals surface area (Å²) < 4.78 is 9.90. The number of hydrogen-bond donors (Lipinski definition) is 2. The van der Waals surface area contributed by atoms with Gasteiger partial charge in [0, 0.05) is 6.61 Å². The fraction of sp³-hybridized carbons (Fsp3) is 0.833. The summed E-state index contributed by atoms with van der Waals surface area (Å²) in [7, 11) is 0. The minimum atomic E-state index is -0.785. The highest BCUT2D eigenvalue weighted by Gasteiger charge is 2.24. The number of hydrogen-bond acceptors (Lipinski definition) is 5. The summed E-state index contributed by atoms with van der Waals surface area (Å²) >= 11 is 0. The molecular formula is C12H23NO5. The normalized spacial score (nSPS) is 12.7. The average molecular weight is 261 g/mol. The Balaban J connectivity index is 4.39. The summed E-state index contributed by atoms with van der Waals surface area (Å²) in [5.74, 6) is -0.517. The Morgan fingerprint density at radius 2 is 1.94 bits per heavy atom. The van der Waals surface area contributed by atoms with E-state index in [1.54, 1.807) is 27.7 Å². The van der Waals surface area contributed by atoms with Gasteiger partial charge in [-0.1, -0.05) is 0 Å². The number of amides is 1. The van der Waals surface area contributed by atoms with Crippen LogP contribution < -0.4 is 5.32 Å². The lowest BCUT2D eigenvalue weighted by Gasteiger charge is -2.22. The van der Waals surface area contributed by atoms with Crippen LogP contribution in [0.4, 0.5) is 4.79 Å². The summed E-state index contributed by atoms with van der Waals surface area (Å²) in [6, 6.07) is -0.785. The van der Waals surface area contributed by atoms with E-state index in [2.05, 4.69) is 5.32 Å². The maximum Gasteiger partial charge on any atom is 0.408 e. The van der Waals surface area contributed by atoms with Crippen molar-refractivity contribution < 1.29 is 24.2 Å². The lowest BCUT2D eigenvalue weighted by atomic mass is 10.1. The fourth-order valence-corrected chi connectivity index (χ4v) is 1.24. The van der Waals surface area contributed by atoms with Gasteiger partial charge in [0.15, 0.2) is 0 Å². The smallest absolute Gasteiger partial charge is 0.408 e. The Morgan fingerprint density at radius 3 is 2.39 bits per heavy atom. The summed E-state index contributed by atoms with van der Waals surface area (Å²) in [6.07, 6.45) is 0.0481. The summed E-state index contributed by atoms with van der Waals surface area (Å²) in [5, 5.41) is 11.2. The third-order valence-electron chi connectivity index (χ3n) is 1.91. The van der Waals surface area contributed by atoms with Gasteiger partial charge in [0.1, 0.15) is 11.6 Å². The maximum atomic E-state index is 11.6. The number of aliphatic hydroxyl groups is 1. The van der Waals surface area contributed by atoms with Crippen LogP contribution in [-0.4, -0.2) is 42.0 Å². The minimum absolute atomic E-state index is 0.0497. The Hall–Kier alpha value is -1.30. The molecule has 18 heavy (non-hydrogen) atoms. The van der Waals surface area contributed by atoms with Gasteiger partial charge in [-0.2, -0.15) is 0 Å². The number of alkyl carbamates (subject to hydrolysis) is 1. The van der Waals surface area contributed by atoms with Gasteiger partial charge in [0.05, 0.1) is 6.61 Å². The molecule has 0 unspecified atom stereocenters. The lowest BCUT2D eigenvalue weighted by molar-refractivity contribution is -0.145. The first-order chi connectivity index (χ1) is 8.30. The number of ether oxygens (including phenoxy) is 2. The van der Waals surface area contributed by atoms with Crippen molar-refractivity contribution in [3.05, 3.63) is 0 Å². The predicted octanol–water partition coefficient (Wildman–Crippen LogP) is 1.22. The van der Waals surface area contributed by atoms with Crippen molar-refractivity contribution >= 4 is 12.1 Å². The zero-order valence-electron chi connectivity index (χ0n) is 11.5. The molecule has 106 valence electrons. The number of aliphatic hydroxyl groups excluding tert-OH is 1. The molecule has 6 nitrogen and oxygen atoms in total. The van der Waals surface area contributed by atoms with Crippen LogP contribution in [0.15, 0.2) is 0 Å². The number of carbonyl (C=O) groups excluding carboxylic acids is 2. The monoisotopic (exact) mass is 261 g/mol. The molecule has 6 heteroatoms. The molecule has 0 aromatic rings. The number of carbonyl (C=O) groups is 2. The van der Waals surface area contributed by atoms with Crippen LogP contribution >= 0.6 is 0 Å². The number of nitrogens with one attached hydrogen (secondary N) is 1. The van der Waals surface area contributed by atoms with Crippen molar-refractivity contribution in [3.8, 4) is 0 Å². The van der Waals surface area contributed by atoms with E-state index < -0.39 is 23.7 Å². The highest BCUT2D eigenvalue weighted by atomic mass is 16.6. The largest absolute Gasteiger partial charge is 0.464 e. The Morgan fingerprint density at radius 1 is 1.33 bits per heavy atom. The predicted molar refractivity (Wildman–Crippen MR) is 66.1 cm³/mol. The van der Waals surface area contributed by atoms with Crippen LogP contribution in [0.2, 0.25) is 0 Å². The van der Waals surface area contributed by atoms with E-state index in [0.29, 0.717) is 12.8 Å². The molecule has 0 aliphatic rings. The molecule has 0 spiro atoms. The molecule has 0 aliphatic heterocycles. The molecule has 2 N–H and O–H groups in total. The second-order valence-corrected chi connectivity index (χ2v) is 4.82. The van der Waals surface area contributed by atoms with Crippen LogP contribution in [0.25, 0.3) is 0 Å². The van der Waals surface area contributed by atoms with Crippen molar-refractivity contribution in [2.75, 3.05) is 13.2 Å². The summed E-state index contributed by atoms with van der Waals surface area (Å²) in [5.41, 5.74) is -0.625. The van der Waals surface area contributed by atoms with Crippen LogP contribution in [0.3, 0.4) is 0 Å². The molecule has 1 amide bonds. The molecule has 0 fully saturated rings. The maximum absolute atomic E-state index is 11.6. The van der Waals surface area contributed by atoms with Crippen molar-refractivity contribution in [2.24, 2.45) is 0 Å². The van der Waals surface area contributed by atoms with E-state index in [1.807, 2.05) is 0 Å². The molecule has 0 saturated heterocycles. The Bertz CT molecular complexity index is 272. The van der Waals surface area contributed by atoms with Crippen molar-refractivity contribution in [2.45, 2.75) is 52.2 Å². The van der Waals surface area contributed by atoms with E-state index in [9.17, 15) is 9.59 Å². The molecule has 1 atom stereocenters. The van der Waals surface area contributed by atoms with Crippen LogP contribution in [0.1, 0.15) is 40.5 Å². The van der Waals surface area contributed by atoms with Gasteiger partial charge in [-0.05, 0) is 40.5 Å². The molecule has 0 radical (unpaired) electrons. The zero-order chi connectivity index (χ0) is 14.2. The molecular weight excluding hydrogens is 238 g/mol. The number of esters is 1. The van der Waals surface area contributed by atoms with Gasteiger partial charge in [-0.15, -0.1) is 0 Å². The van der Waals surface area contributed by atoms with Gasteiger partial charge in [0.25, 0.3) is 0 Å². The Kier molecular flexibility index (Phi) is 7.35. The second kappa shape index (κ2) is 7.92. The van der Waals surface area contributed by atoms with Crippen molar-refractivity contribution in [1.29, 1.82) is 0 Å². The van der Waals surface area contributed by atoms with Crippen molar-refractivity contribution in [3.63, 3.8) is 0 Å². The molecule has 0 heterocycles. The van der Waals surface area contributed by atoms with Gasteiger partial charge in [0.2, 0.25) is 0 Å². The van der Waals surface area contributed by atoms with E-state index in [1.165, 1.54) is 0 Å². The molecule has 0 aliphatic carbocycles. The van der Waals surface area contributed by atoms with Gasteiger partial charge in [-0.25, -0.2) is 9.59 Å². The summed E-state index contributed by atoms with van der Waals surface area (Å²) in [4.78, 5) is 23.1. The standard InChI is InChI=1S/C12H23NO5/c1-5-17-10(15)9(7-6-8-14)13-11(16)18-12(2,3)4/h9,14H,5-8H2,1-4H3,(H,13,16)/t9-/m1/s1. The first-order valence-electron chi connectivity index (χ1n) is 6.07. The zero-order valence-corrected chi connectivity index (χ0v) is 11.5. The lowest BCUT2D eigenvalue weighted by Crippen LogP contribution is -2.44. The van der Waals surface area contributed by atoms with Crippen LogP contribution in [0.5, 0.6) is 0 Å². The van der Waals surface area contributed by atoms with E-state index in [4.69, 9.17) is 14.6 Å². The highest BCUT2D eigenvalue weighted by Crippen LogP contribution is 2.08. The average Bonchev–Trinajstić information content (AvgIpc) is 2.21. The van der Waals surface area contributed by atoms with E-state index in [0.717, 1.165) is 0 Å². The van der Waals surface area contributed by atoms with E-state index >= 15 is 0 Å². The molecule has 0 rings (SSSR count). The van der Waals surface area contributed by atoms with Crippen LogP contribution in [-0.2, 0) is 14.3 Å². The Labute approximate surface area is 108 Å². The molecule has 0 aromatic carbocycles. The second-order valence-electron chi connectivity index (χ2n) is 4.82. The fourth-order valence-electron chi connectivity index (χ4n) is 1.24.